The molecule has 0 fully saturated rings. The van der Waals surface area contributed by atoms with E-state index < -0.39 is 0 Å². The first-order valence-corrected chi connectivity index (χ1v) is 8.39. The molecule has 0 spiro atoms. The molecule has 2 unspecified atom stereocenters. The maximum atomic E-state index is 6.08. The smallest absolute Gasteiger partial charge is 0.120 e. The fourth-order valence-electron chi connectivity index (χ4n) is 2.11. The van der Waals surface area contributed by atoms with Crippen LogP contribution in [0.2, 0.25) is 4.34 Å². The van der Waals surface area contributed by atoms with Gasteiger partial charge >= 0.3 is 0 Å². The van der Waals surface area contributed by atoms with Crippen molar-refractivity contribution in [2.75, 3.05) is 0 Å². The molecule has 0 aliphatic carbocycles. The molecule has 5 heteroatoms. The van der Waals surface area contributed by atoms with Crippen molar-refractivity contribution in [1.29, 1.82) is 0 Å². The molecule has 1 N–H and O–H groups in total. The predicted molar refractivity (Wildman–Crippen MR) is 85.7 cm³/mol. The maximum Gasteiger partial charge on any atom is 0.120 e. The monoisotopic (exact) mass is 323 g/mol. The number of nitrogens with one attached hydrogen (secondary N) is 1. The molecule has 20 heavy (non-hydrogen) atoms. The molecular weight excluding hydrogens is 310 g/mol. The first-order chi connectivity index (χ1) is 9.74. The average Bonchev–Trinajstić information content (AvgIpc) is 3.17. The van der Waals surface area contributed by atoms with Gasteiger partial charge in [0.25, 0.3) is 0 Å². The zero-order valence-electron chi connectivity index (χ0n) is 10.9. The Kier molecular flexibility index (Phi) is 4.27. The van der Waals surface area contributed by atoms with Gasteiger partial charge in [0.2, 0.25) is 0 Å². The molecule has 104 valence electrons. The minimum absolute atomic E-state index is 0.137. The lowest BCUT2D eigenvalue weighted by Crippen LogP contribution is -2.24. The summed E-state index contributed by atoms with van der Waals surface area (Å²) in [7, 11) is 0. The van der Waals surface area contributed by atoms with Crippen LogP contribution in [0.15, 0.2) is 52.5 Å². The van der Waals surface area contributed by atoms with Gasteiger partial charge in [-0.2, -0.15) is 0 Å². The van der Waals surface area contributed by atoms with Crippen LogP contribution in [0.25, 0.3) is 0 Å². The minimum atomic E-state index is 0.137. The Hall–Kier alpha value is -1.07. The third kappa shape index (κ3) is 2.99. The van der Waals surface area contributed by atoms with E-state index in [2.05, 4.69) is 35.8 Å². The van der Waals surface area contributed by atoms with E-state index in [1.54, 1.807) is 28.9 Å². The van der Waals surface area contributed by atoms with Crippen LogP contribution in [0.1, 0.15) is 34.5 Å². The maximum absolute atomic E-state index is 6.08. The van der Waals surface area contributed by atoms with Gasteiger partial charge in [-0.1, -0.05) is 17.7 Å². The van der Waals surface area contributed by atoms with Gasteiger partial charge in [-0.25, -0.2) is 0 Å². The van der Waals surface area contributed by atoms with Crippen LogP contribution in [0.3, 0.4) is 0 Å². The van der Waals surface area contributed by atoms with E-state index in [-0.39, 0.29) is 12.1 Å². The molecule has 0 bridgehead atoms. The molecule has 0 aromatic carbocycles. The van der Waals surface area contributed by atoms with Crippen LogP contribution < -0.4 is 5.32 Å². The molecule has 3 rings (SSSR count). The summed E-state index contributed by atoms with van der Waals surface area (Å²) in [6.45, 7) is 2.11. The summed E-state index contributed by atoms with van der Waals surface area (Å²) in [5, 5.41) is 5.71. The van der Waals surface area contributed by atoms with Crippen molar-refractivity contribution in [3.8, 4) is 0 Å². The summed E-state index contributed by atoms with van der Waals surface area (Å²) in [5.41, 5.74) is 0. The van der Waals surface area contributed by atoms with Gasteiger partial charge in [0.05, 0.1) is 22.7 Å². The number of thiophene rings is 2. The van der Waals surface area contributed by atoms with Crippen LogP contribution >= 0.6 is 34.3 Å². The van der Waals surface area contributed by atoms with Crippen molar-refractivity contribution in [1.82, 2.24) is 5.32 Å². The highest BCUT2D eigenvalue weighted by molar-refractivity contribution is 7.16. The van der Waals surface area contributed by atoms with Gasteiger partial charge in [-0.05, 0) is 42.6 Å². The number of furan rings is 1. The lowest BCUT2D eigenvalue weighted by molar-refractivity contribution is 0.415. The summed E-state index contributed by atoms with van der Waals surface area (Å²) in [5.74, 6) is 0.939. The average molecular weight is 324 g/mol. The Labute approximate surface area is 131 Å². The molecule has 0 aliphatic heterocycles. The lowest BCUT2D eigenvalue weighted by atomic mass is 10.1. The van der Waals surface area contributed by atoms with Gasteiger partial charge in [0.15, 0.2) is 0 Å². The van der Waals surface area contributed by atoms with Gasteiger partial charge in [0, 0.05) is 9.75 Å². The Bertz CT molecular complexity index is 645. The molecule has 2 atom stereocenters. The van der Waals surface area contributed by atoms with E-state index in [0.717, 1.165) is 10.1 Å². The summed E-state index contributed by atoms with van der Waals surface area (Å²) < 4.78 is 6.29. The zero-order valence-corrected chi connectivity index (χ0v) is 13.3. The van der Waals surface area contributed by atoms with Crippen molar-refractivity contribution < 1.29 is 4.42 Å². The molecule has 0 radical (unpaired) electrons. The van der Waals surface area contributed by atoms with Gasteiger partial charge in [0.1, 0.15) is 5.76 Å². The van der Waals surface area contributed by atoms with Gasteiger partial charge in [-0.3, -0.25) is 5.32 Å². The summed E-state index contributed by atoms with van der Waals surface area (Å²) in [4.78, 5) is 2.50. The highest BCUT2D eigenvalue weighted by Crippen LogP contribution is 2.34. The summed E-state index contributed by atoms with van der Waals surface area (Å²) in [6, 6.07) is 12.4. The molecule has 0 saturated carbocycles. The van der Waals surface area contributed by atoms with E-state index in [0.29, 0.717) is 0 Å². The van der Waals surface area contributed by atoms with Crippen molar-refractivity contribution in [3.63, 3.8) is 0 Å². The Morgan fingerprint density at radius 1 is 1.15 bits per heavy atom. The minimum Gasteiger partial charge on any atom is -0.468 e. The van der Waals surface area contributed by atoms with Crippen molar-refractivity contribution in [2.45, 2.75) is 19.0 Å². The second-order valence-corrected chi connectivity index (χ2v) is 7.22. The normalized spacial score (nSPS) is 14.3. The highest BCUT2D eigenvalue weighted by Gasteiger charge is 2.21. The van der Waals surface area contributed by atoms with E-state index in [4.69, 9.17) is 16.0 Å². The predicted octanol–water partition coefficient (Wildman–Crippen LogP) is 5.50. The fraction of sp³-hybridized carbons (Fsp3) is 0.200. The first kappa shape index (κ1) is 13.9. The third-order valence-corrected chi connectivity index (χ3v) is 5.33. The Morgan fingerprint density at radius 2 is 2.05 bits per heavy atom. The van der Waals surface area contributed by atoms with Crippen LogP contribution in [-0.2, 0) is 0 Å². The summed E-state index contributed by atoms with van der Waals surface area (Å²) in [6.07, 6.45) is 1.70. The standard InChI is InChI=1S/C15H14ClNOS2/c1-10(11-4-2-8-18-11)17-15(12-5-3-9-19-12)13-6-7-14(16)20-13/h2-10,15,17H,1H3. The largest absolute Gasteiger partial charge is 0.468 e. The quantitative estimate of drug-likeness (QED) is 0.671. The Morgan fingerprint density at radius 3 is 2.65 bits per heavy atom. The van der Waals surface area contributed by atoms with E-state index in [9.17, 15) is 0 Å². The molecule has 0 saturated heterocycles. The molecule has 2 nitrogen and oxygen atoms in total. The number of hydrogen-bond acceptors (Lipinski definition) is 4. The van der Waals surface area contributed by atoms with E-state index in [1.165, 1.54) is 9.75 Å². The highest BCUT2D eigenvalue weighted by atomic mass is 35.5. The second kappa shape index (κ2) is 6.14. The third-order valence-electron chi connectivity index (χ3n) is 3.09. The first-order valence-electron chi connectivity index (χ1n) is 6.32. The van der Waals surface area contributed by atoms with Crippen LogP contribution in [0.4, 0.5) is 0 Å². The van der Waals surface area contributed by atoms with Crippen LogP contribution in [0.5, 0.6) is 0 Å². The van der Waals surface area contributed by atoms with Crippen molar-refractivity contribution in [2.24, 2.45) is 0 Å². The van der Waals surface area contributed by atoms with E-state index in [1.807, 2.05) is 18.2 Å². The van der Waals surface area contributed by atoms with Gasteiger partial charge in [-0.15, -0.1) is 22.7 Å². The topological polar surface area (TPSA) is 25.2 Å². The number of halogens is 1. The van der Waals surface area contributed by atoms with E-state index >= 15 is 0 Å². The van der Waals surface area contributed by atoms with Crippen LogP contribution in [-0.4, -0.2) is 0 Å². The number of rotatable bonds is 5. The molecule has 3 aromatic rings. The molecule has 3 aromatic heterocycles. The second-order valence-electron chi connectivity index (χ2n) is 4.49. The van der Waals surface area contributed by atoms with Gasteiger partial charge < -0.3 is 4.42 Å². The van der Waals surface area contributed by atoms with Crippen LogP contribution in [0, 0.1) is 0 Å². The fourth-order valence-corrected chi connectivity index (χ4v) is 4.13. The molecule has 0 aliphatic rings. The Balaban J connectivity index is 1.87. The SMILES string of the molecule is CC(NC(c1cccs1)c1ccc(Cl)s1)c1ccco1. The molecular formula is C15H14ClNOS2. The molecule has 0 amide bonds. The summed E-state index contributed by atoms with van der Waals surface area (Å²) >= 11 is 9.43. The number of hydrogen-bond donors (Lipinski definition) is 1. The zero-order chi connectivity index (χ0) is 13.9. The molecule has 3 heterocycles. The van der Waals surface area contributed by atoms with Crippen molar-refractivity contribution in [3.05, 3.63) is 67.9 Å². The lowest BCUT2D eigenvalue weighted by Gasteiger charge is -2.20. The van der Waals surface area contributed by atoms with Crippen molar-refractivity contribution >= 4 is 34.3 Å².